The Morgan fingerprint density at radius 3 is 1.89 bits per heavy atom. The molecule has 0 spiro atoms. The average Bonchev–Trinajstić information content (AvgIpc) is 2.54. The summed E-state index contributed by atoms with van der Waals surface area (Å²) in [5, 5.41) is 23.1. The van der Waals surface area contributed by atoms with Gasteiger partial charge in [-0.3, -0.25) is 4.79 Å². The van der Waals surface area contributed by atoms with E-state index in [-0.39, 0.29) is 23.6 Å². The first-order valence-corrected chi connectivity index (χ1v) is 8.78. The van der Waals surface area contributed by atoms with E-state index in [1.807, 2.05) is 0 Å². The van der Waals surface area contributed by atoms with Gasteiger partial charge < -0.3 is 35.0 Å². The third kappa shape index (κ3) is 4.62. The van der Waals surface area contributed by atoms with Gasteiger partial charge in [0.2, 0.25) is 0 Å². The maximum Gasteiger partial charge on any atom is 0.176 e. The third-order valence-corrected chi connectivity index (χ3v) is 4.46. The minimum absolute atomic E-state index is 0.0381. The highest BCUT2D eigenvalue weighted by atomic mass is 16.6. The molecule has 0 saturated carbocycles. The number of rotatable bonds is 8. The maximum absolute atomic E-state index is 12.3. The zero-order valence-corrected chi connectivity index (χ0v) is 17.1. The Kier molecular flexibility index (Phi) is 6.84. The van der Waals surface area contributed by atoms with Gasteiger partial charge in [-0.25, -0.2) is 0 Å². The molecule has 0 aliphatic heterocycles. The van der Waals surface area contributed by atoms with Crippen LogP contribution in [0.3, 0.4) is 0 Å². The van der Waals surface area contributed by atoms with Gasteiger partial charge in [0, 0.05) is 16.4 Å². The van der Waals surface area contributed by atoms with Gasteiger partial charge in [0.25, 0.3) is 0 Å². The molecule has 2 N–H and O–H groups in total. The third-order valence-electron chi connectivity index (χ3n) is 4.46. The van der Waals surface area contributed by atoms with Gasteiger partial charge >= 0.3 is 0 Å². The van der Waals surface area contributed by atoms with E-state index < -0.39 is 40.8 Å². The van der Waals surface area contributed by atoms with E-state index in [1.165, 1.54) is 18.2 Å². The fourth-order valence-electron chi connectivity index (χ4n) is 3.38. The van der Waals surface area contributed by atoms with Crippen LogP contribution in [0.15, 0.2) is 18.2 Å². The molecular formula is C20H27NO7-2. The van der Waals surface area contributed by atoms with Gasteiger partial charge in [-0.05, 0) is 18.2 Å². The lowest BCUT2D eigenvalue weighted by Gasteiger charge is -2.53. The van der Waals surface area contributed by atoms with E-state index in [9.17, 15) is 24.6 Å². The van der Waals surface area contributed by atoms with Crippen molar-refractivity contribution >= 4 is 17.7 Å². The molecule has 0 amide bonds. The summed E-state index contributed by atoms with van der Waals surface area (Å²) in [7, 11) is 0. The summed E-state index contributed by atoms with van der Waals surface area (Å²) in [6.45, 7) is 9.12. The van der Waals surface area contributed by atoms with Crippen molar-refractivity contribution in [1.29, 1.82) is 0 Å². The lowest BCUT2D eigenvalue weighted by Crippen LogP contribution is -2.67. The molecule has 28 heavy (non-hydrogen) atoms. The van der Waals surface area contributed by atoms with Crippen molar-refractivity contribution in [3.63, 3.8) is 0 Å². The van der Waals surface area contributed by atoms with Crippen molar-refractivity contribution in [3.8, 4) is 11.5 Å². The molecule has 0 unspecified atom stereocenters. The molecule has 1 rings (SSSR count). The summed E-state index contributed by atoms with van der Waals surface area (Å²) in [5.41, 5.74) is 1.90. The zero-order valence-electron chi connectivity index (χ0n) is 17.1. The lowest BCUT2D eigenvalue weighted by atomic mass is 9.62. The van der Waals surface area contributed by atoms with Crippen molar-refractivity contribution in [1.82, 2.24) is 0 Å². The first-order valence-electron chi connectivity index (χ1n) is 8.78. The molecule has 0 radical (unpaired) electrons. The normalized spacial score (nSPS) is 12.4. The Morgan fingerprint density at radius 2 is 1.50 bits per heavy atom. The molecule has 0 fully saturated rings. The van der Waals surface area contributed by atoms with Crippen molar-refractivity contribution in [3.05, 3.63) is 23.8 Å². The molecule has 0 bridgehead atoms. The molecule has 0 atom stereocenters. The van der Waals surface area contributed by atoms with Crippen LogP contribution >= 0.6 is 0 Å². The summed E-state index contributed by atoms with van der Waals surface area (Å²) in [4.78, 5) is 34.9. The number of benzene rings is 1. The van der Waals surface area contributed by atoms with Crippen LogP contribution in [0.25, 0.3) is 0 Å². The average molecular weight is 393 g/mol. The number of nitrogens with two attached hydrogens (primary N) is 1. The Morgan fingerprint density at radius 1 is 0.964 bits per heavy atom. The van der Waals surface area contributed by atoms with Crippen molar-refractivity contribution < 1.29 is 34.1 Å². The number of aliphatic carboxylic acids is 2. The van der Waals surface area contributed by atoms with E-state index in [0.717, 1.165) is 0 Å². The van der Waals surface area contributed by atoms with Crippen molar-refractivity contribution in [2.75, 3.05) is 13.2 Å². The molecule has 1 aromatic carbocycles. The molecule has 156 valence electrons. The number of ether oxygens (including phenoxy) is 2. The Hall–Kier alpha value is -2.61. The summed E-state index contributed by atoms with van der Waals surface area (Å²) < 4.78 is 11.2. The second-order valence-corrected chi connectivity index (χ2v) is 8.52. The summed E-state index contributed by atoms with van der Waals surface area (Å²) in [5.74, 6) is -3.46. The zero-order chi connectivity index (χ0) is 21.9. The van der Waals surface area contributed by atoms with E-state index in [0.29, 0.717) is 0 Å². The summed E-state index contributed by atoms with van der Waals surface area (Å²) in [6.07, 6.45) is 0. The number of carboxylic acid groups (broad SMARTS) is 2. The number of carbonyl (C=O) groups excluding carboxylic acids is 3. The van der Waals surface area contributed by atoms with Gasteiger partial charge in [0.1, 0.15) is 6.61 Å². The molecule has 1 aromatic rings. The van der Waals surface area contributed by atoms with Crippen molar-refractivity contribution in [2.45, 2.75) is 47.1 Å². The smallest absolute Gasteiger partial charge is 0.176 e. The van der Waals surface area contributed by atoms with Crippen LogP contribution < -0.4 is 25.4 Å². The quantitative estimate of drug-likeness (QED) is 0.604. The second-order valence-electron chi connectivity index (χ2n) is 8.52. The van der Waals surface area contributed by atoms with Crippen LogP contribution in [0.4, 0.5) is 0 Å². The van der Waals surface area contributed by atoms with E-state index in [4.69, 9.17) is 15.2 Å². The molecule has 0 saturated heterocycles. The number of carbonyl (C=O) groups is 3. The number of hydrogen-bond donors (Lipinski definition) is 1. The highest BCUT2D eigenvalue weighted by Gasteiger charge is 2.55. The Bertz CT molecular complexity index is 743. The van der Waals surface area contributed by atoms with E-state index >= 15 is 0 Å². The van der Waals surface area contributed by atoms with Crippen LogP contribution in [0, 0.1) is 10.8 Å². The van der Waals surface area contributed by atoms with Crippen LogP contribution in [-0.2, 0) is 9.59 Å². The molecule has 0 heterocycles. The Labute approximate surface area is 164 Å². The fourth-order valence-corrected chi connectivity index (χ4v) is 3.38. The van der Waals surface area contributed by atoms with Gasteiger partial charge in [-0.1, -0.05) is 41.5 Å². The molecule has 0 aromatic heterocycles. The largest absolute Gasteiger partial charge is 0.546 e. The van der Waals surface area contributed by atoms with Gasteiger partial charge in [-0.2, -0.15) is 0 Å². The van der Waals surface area contributed by atoms with Crippen LogP contribution in [0.5, 0.6) is 11.5 Å². The monoisotopic (exact) mass is 393 g/mol. The number of carboxylic acids is 2. The number of hydrogen-bond acceptors (Lipinski definition) is 8. The minimum Gasteiger partial charge on any atom is -0.546 e. The summed E-state index contributed by atoms with van der Waals surface area (Å²) in [6, 6.07) is 4.02. The predicted molar refractivity (Wildman–Crippen MR) is 97.6 cm³/mol. The first-order chi connectivity index (χ1) is 12.7. The van der Waals surface area contributed by atoms with Gasteiger partial charge in [0.05, 0.1) is 18.5 Å². The standard InChI is InChI=1S/C20H29NO7/c1-18(2,3)20(17(25)26,19(4,5)6)28-14-8-7-12(13(22)10-21)9-15(14)27-11-16(23)24/h7-9H,10-11,21H2,1-6H3,(H,23,24)(H,25,26)/p-2. The highest BCUT2D eigenvalue weighted by molar-refractivity contribution is 5.98. The fraction of sp³-hybridized carbons (Fsp3) is 0.550. The molecule has 8 heteroatoms. The van der Waals surface area contributed by atoms with Crippen LogP contribution in [-0.4, -0.2) is 36.5 Å². The number of ketones is 1. The lowest BCUT2D eigenvalue weighted by molar-refractivity contribution is -0.337. The second kappa shape index (κ2) is 8.18. The first kappa shape index (κ1) is 23.4. The minimum atomic E-state index is -1.81. The van der Waals surface area contributed by atoms with Crippen LogP contribution in [0.2, 0.25) is 0 Å². The van der Waals surface area contributed by atoms with Gasteiger partial charge in [0.15, 0.2) is 22.9 Å². The number of Topliss-reactive ketones (excluding diaryl/α,β-unsaturated/α-hetero) is 1. The molecule has 0 aliphatic rings. The van der Waals surface area contributed by atoms with Crippen LogP contribution in [0.1, 0.15) is 51.9 Å². The highest BCUT2D eigenvalue weighted by Crippen LogP contribution is 2.48. The van der Waals surface area contributed by atoms with E-state index in [1.54, 1.807) is 41.5 Å². The molecule has 0 aliphatic carbocycles. The topological polar surface area (TPSA) is 142 Å². The molecular weight excluding hydrogens is 366 g/mol. The SMILES string of the molecule is CC(C)(C)C(Oc1ccc(C(=O)CN)cc1OCC(=O)[O-])(C(=O)[O-])C(C)(C)C. The molecule has 8 nitrogen and oxygen atoms in total. The maximum atomic E-state index is 12.3. The van der Waals surface area contributed by atoms with Gasteiger partial charge in [-0.15, -0.1) is 0 Å². The summed E-state index contributed by atoms with van der Waals surface area (Å²) >= 11 is 0. The van der Waals surface area contributed by atoms with Crippen molar-refractivity contribution in [2.24, 2.45) is 16.6 Å². The Balaban J connectivity index is 3.60. The van der Waals surface area contributed by atoms with E-state index in [2.05, 4.69) is 0 Å². The predicted octanol–water partition coefficient (Wildman–Crippen LogP) is -0.0836.